The minimum absolute atomic E-state index is 0.738. The van der Waals surface area contributed by atoms with Crippen LogP contribution in [0.25, 0.3) is 11.4 Å². The molecule has 0 bridgehead atoms. The van der Waals surface area contributed by atoms with Crippen molar-refractivity contribution in [1.82, 2.24) is 19.7 Å². The highest BCUT2D eigenvalue weighted by molar-refractivity contribution is 7.99. The van der Waals surface area contributed by atoms with E-state index in [9.17, 15) is 0 Å². The summed E-state index contributed by atoms with van der Waals surface area (Å²) in [4.78, 5) is 2.56. The maximum atomic E-state index is 4.44. The third-order valence-corrected chi connectivity index (χ3v) is 5.34. The number of nitrogens with zero attached hydrogens (tertiary/aromatic N) is 4. The summed E-state index contributed by atoms with van der Waals surface area (Å²) in [5, 5.41) is 9.86. The Bertz CT molecular complexity index is 674. The first-order valence-corrected chi connectivity index (χ1v) is 9.73. The monoisotopic (exact) mass is 342 g/mol. The van der Waals surface area contributed by atoms with E-state index in [1.165, 1.54) is 37.9 Å². The van der Waals surface area contributed by atoms with Crippen molar-refractivity contribution in [1.29, 1.82) is 0 Å². The minimum Gasteiger partial charge on any atom is -0.303 e. The Labute approximate surface area is 149 Å². The van der Waals surface area contributed by atoms with Gasteiger partial charge < -0.3 is 4.90 Å². The Morgan fingerprint density at radius 2 is 2.04 bits per heavy atom. The minimum atomic E-state index is 0.738. The quantitative estimate of drug-likeness (QED) is 0.562. The normalized spacial score (nSPS) is 15.5. The Hall–Kier alpha value is -1.59. The number of aryl methyl sites for hydroxylation is 1. The number of aromatic nitrogens is 3. The molecule has 0 radical (unpaired) electrons. The molecule has 1 aliphatic heterocycles. The molecule has 0 aliphatic carbocycles. The van der Waals surface area contributed by atoms with Crippen LogP contribution in [0.15, 0.2) is 42.1 Å². The van der Waals surface area contributed by atoms with Crippen molar-refractivity contribution in [3.63, 3.8) is 0 Å². The number of hydrogen-bond acceptors (Lipinski definition) is 4. The van der Waals surface area contributed by atoms with Crippen molar-refractivity contribution >= 4 is 11.8 Å². The summed E-state index contributed by atoms with van der Waals surface area (Å²) in [5.41, 5.74) is 2.35. The predicted octanol–water partition coefficient (Wildman–Crippen LogP) is 4.02. The van der Waals surface area contributed by atoms with Gasteiger partial charge in [0.25, 0.3) is 0 Å². The van der Waals surface area contributed by atoms with Gasteiger partial charge in [0.05, 0.1) is 0 Å². The van der Waals surface area contributed by atoms with Crippen LogP contribution in [-0.2, 0) is 6.54 Å². The second kappa shape index (κ2) is 8.49. The molecule has 1 fully saturated rings. The summed E-state index contributed by atoms with van der Waals surface area (Å²) in [5.74, 6) is 1.99. The zero-order valence-electron chi connectivity index (χ0n) is 14.4. The lowest BCUT2D eigenvalue weighted by molar-refractivity contribution is 0.242. The van der Waals surface area contributed by atoms with Crippen molar-refractivity contribution in [2.24, 2.45) is 0 Å². The zero-order valence-corrected chi connectivity index (χ0v) is 15.3. The summed E-state index contributed by atoms with van der Waals surface area (Å²) in [6, 6.07) is 8.43. The summed E-state index contributed by atoms with van der Waals surface area (Å²) in [7, 11) is 0. The van der Waals surface area contributed by atoms with E-state index < -0.39 is 0 Å². The first-order chi connectivity index (χ1) is 11.8. The standard InChI is InChI=1S/C19H26N4S/c1-3-10-23-18(17-9-7-8-16(2)15-17)20-21-19(23)24-14-13-22-11-5-4-6-12-22/h3,7-9,15H,1,4-6,10-14H2,2H3. The highest BCUT2D eigenvalue weighted by Crippen LogP contribution is 2.25. The van der Waals surface area contributed by atoms with Gasteiger partial charge in [-0.05, 0) is 38.9 Å². The lowest BCUT2D eigenvalue weighted by atomic mass is 10.1. The van der Waals surface area contributed by atoms with Crippen molar-refractivity contribution < 1.29 is 0 Å². The molecule has 2 aromatic rings. The number of thioether (sulfide) groups is 1. The third kappa shape index (κ3) is 4.28. The molecule has 1 aromatic heterocycles. The van der Waals surface area contributed by atoms with E-state index in [2.05, 4.69) is 57.4 Å². The van der Waals surface area contributed by atoms with E-state index in [0.717, 1.165) is 35.4 Å². The summed E-state index contributed by atoms with van der Waals surface area (Å²) in [6.07, 6.45) is 5.98. The van der Waals surface area contributed by atoms with Crippen LogP contribution in [-0.4, -0.2) is 45.1 Å². The van der Waals surface area contributed by atoms with Gasteiger partial charge in [0.1, 0.15) is 0 Å². The van der Waals surface area contributed by atoms with Crippen molar-refractivity contribution in [2.45, 2.75) is 37.9 Å². The average molecular weight is 343 g/mol. The van der Waals surface area contributed by atoms with Gasteiger partial charge in [0.15, 0.2) is 11.0 Å². The maximum absolute atomic E-state index is 4.44. The molecule has 5 heteroatoms. The van der Waals surface area contributed by atoms with Crippen molar-refractivity contribution in [3.8, 4) is 11.4 Å². The number of benzene rings is 1. The van der Waals surface area contributed by atoms with Crippen LogP contribution in [0, 0.1) is 6.92 Å². The van der Waals surface area contributed by atoms with E-state index in [4.69, 9.17) is 0 Å². The molecule has 0 amide bonds. The molecule has 24 heavy (non-hydrogen) atoms. The third-order valence-electron chi connectivity index (χ3n) is 4.39. The van der Waals surface area contributed by atoms with Gasteiger partial charge in [-0.1, -0.05) is 48.0 Å². The molecule has 1 saturated heterocycles. The molecule has 0 atom stereocenters. The predicted molar refractivity (Wildman–Crippen MR) is 101 cm³/mol. The molecule has 0 spiro atoms. The van der Waals surface area contributed by atoms with Gasteiger partial charge in [-0.15, -0.1) is 16.8 Å². The molecular weight excluding hydrogens is 316 g/mol. The number of rotatable bonds is 7. The number of likely N-dealkylation sites (tertiary alicyclic amines) is 1. The second-order valence-electron chi connectivity index (χ2n) is 6.33. The van der Waals surface area contributed by atoms with Crippen LogP contribution in [0.1, 0.15) is 24.8 Å². The summed E-state index contributed by atoms with van der Waals surface area (Å²) >= 11 is 1.80. The van der Waals surface area contributed by atoms with Crippen LogP contribution in [0.5, 0.6) is 0 Å². The van der Waals surface area contributed by atoms with E-state index in [1.54, 1.807) is 11.8 Å². The van der Waals surface area contributed by atoms with E-state index in [0.29, 0.717) is 0 Å². The van der Waals surface area contributed by atoms with Gasteiger partial charge in [-0.2, -0.15) is 0 Å². The summed E-state index contributed by atoms with van der Waals surface area (Å²) in [6.45, 7) is 10.3. The highest BCUT2D eigenvalue weighted by Gasteiger charge is 2.15. The van der Waals surface area contributed by atoms with Gasteiger partial charge in [-0.25, -0.2) is 0 Å². The van der Waals surface area contributed by atoms with Gasteiger partial charge in [0.2, 0.25) is 0 Å². The summed E-state index contributed by atoms with van der Waals surface area (Å²) < 4.78 is 2.17. The van der Waals surface area contributed by atoms with E-state index in [-0.39, 0.29) is 0 Å². The molecule has 3 rings (SSSR count). The Kier molecular flexibility index (Phi) is 6.10. The fourth-order valence-electron chi connectivity index (χ4n) is 3.14. The number of allylic oxidation sites excluding steroid dienone is 1. The SMILES string of the molecule is C=CCn1c(SCCN2CCCCC2)nnc1-c1cccc(C)c1. The van der Waals surface area contributed by atoms with Crippen LogP contribution in [0.2, 0.25) is 0 Å². The topological polar surface area (TPSA) is 34.0 Å². The van der Waals surface area contributed by atoms with Crippen LogP contribution in [0.3, 0.4) is 0 Å². The van der Waals surface area contributed by atoms with Gasteiger partial charge in [0, 0.05) is 24.4 Å². The molecule has 0 N–H and O–H groups in total. The molecule has 128 valence electrons. The Morgan fingerprint density at radius 3 is 2.79 bits per heavy atom. The molecule has 0 saturated carbocycles. The smallest absolute Gasteiger partial charge is 0.191 e. The average Bonchev–Trinajstić information content (AvgIpc) is 2.99. The van der Waals surface area contributed by atoms with Gasteiger partial charge >= 0.3 is 0 Å². The molecular formula is C19H26N4S. The molecule has 1 aromatic carbocycles. The van der Waals surface area contributed by atoms with Crippen LogP contribution in [0.4, 0.5) is 0 Å². The van der Waals surface area contributed by atoms with Crippen LogP contribution >= 0.6 is 11.8 Å². The van der Waals surface area contributed by atoms with Crippen molar-refractivity contribution in [2.75, 3.05) is 25.4 Å². The first-order valence-electron chi connectivity index (χ1n) is 8.74. The van der Waals surface area contributed by atoms with Crippen molar-refractivity contribution in [3.05, 3.63) is 42.5 Å². The molecule has 1 aliphatic rings. The lowest BCUT2D eigenvalue weighted by Gasteiger charge is -2.25. The lowest BCUT2D eigenvalue weighted by Crippen LogP contribution is -2.31. The maximum Gasteiger partial charge on any atom is 0.191 e. The highest BCUT2D eigenvalue weighted by atomic mass is 32.2. The first kappa shape index (κ1) is 17.2. The molecule has 0 unspecified atom stereocenters. The molecule has 2 heterocycles. The second-order valence-corrected chi connectivity index (χ2v) is 7.39. The number of piperidine rings is 1. The Balaban J connectivity index is 1.70. The molecule has 4 nitrogen and oxygen atoms in total. The number of hydrogen-bond donors (Lipinski definition) is 0. The van der Waals surface area contributed by atoms with E-state index in [1.807, 2.05) is 6.08 Å². The fourth-order valence-corrected chi connectivity index (χ4v) is 4.08. The van der Waals surface area contributed by atoms with Gasteiger partial charge in [-0.3, -0.25) is 4.57 Å². The Morgan fingerprint density at radius 1 is 1.21 bits per heavy atom. The zero-order chi connectivity index (χ0) is 16.8. The van der Waals surface area contributed by atoms with Crippen LogP contribution < -0.4 is 0 Å². The largest absolute Gasteiger partial charge is 0.303 e. The fraction of sp³-hybridized carbons (Fsp3) is 0.474. The van der Waals surface area contributed by atoms with E-state index >= 15 is 0 Å².